The van der Waals surface area contributed by atoms with Crippen LogP contribution in [0.5, 0.6) is 0 Å². The summed E-state index contributed by atoms with van der Waals surface area (Å²) in [5.74, 6) is 0.928. The number of nitrogens with one attached hydrogen (secondary N) is 3. The molecule has 4 nitrogen and oxygen atoms in total. The van der Waals surface area contributed by atoms with Gasteiger partial charge < -0.3 is 10.6 Å². The number of H-pyrrole nitrogens is 1. The molecule has 4 heteroatoms. The zero-order chi connectivity index (χ0) is 11.5. The molecule has 3 rings (SSSR count). The zero-order valence-corrected chi connectivity index (χ0v) is 9.61. The predicted octanol–water partition coefficient (Wildman–Crippen LogP) is 1.85. The average Bonchev–Trinajstić information content (AvgIpc) is 3.02. The standard InChI is InChI=1S/C13H16N4/c1-2-4-10(5-3-1)12-8-13(17-16-12)15-11-6-7-14-9-11/h1-5,8,11,14H,6-7,9H2,(H2,15,16,17). The number of anilines is 1. The summed E-state index contributed by atoms with van der Waals surface area (Å²) >= 11 is 0. The van der Waals surface area contributed by atoms with Gasteiger partial charge in [-0.25, -0.2) is 0 Å². The normalized spacial score (nSPS) is 19.4. The van der Waals surface area contributed by atoms with Crippen molar-refractivity contribution in [1.82, 2.24) is 15.5 Å². The number of hydrogen-bond donors (Lipinski definition) is 3. The Morgan fingerprint density at radius 1 is 1.24 bits per heavy atom. The second-order valence-corrected chi connectivity index (χ2v) is 4.37. The van der Waals surface area contributed by atoms with E-state index < -0.39 is 0 Å². The lowest BCUT2D eigenvalue weighted by atomic mass is 10.1. The van der Waals surface area contributed by atoms with Crippen molar-refractivity contribution in [2.45, 2.75) is 12.5 Å². The lowest BCUT2D eigenvalue weighted by Crippen LogP contribution is -2.22. The molecule has 0 aliphatic carbocycles. The lowest BCUT2D eigenvalue weighted by Gasteiger charge is -2.08. The molecule has 1 saturated heterocycles. The van der Waals surface area contributed by atoms with Gasteiger partial charge in [-0.15, -0.1) is 0 Å². The van der Waals surface area contributed by atoms with Crippen molar-refractivity contribution in [3.8, 4) is 11.3 Å². The summed E-state index contributed by atoms with van der Waals surface area (Å²) in [6, 6.07) is 12.8. The van der Waals surface area contributed by atoms with Gasteiger partial charge >= 0.3 is 0 Å². The van der Waals surface area contributed by atoms with E-state index in [1.165, 1.54) is 0 Å². The van der Waals surface area contributed by atoms with Crippen molar-refractivity contribution >= 4 is 5.82 Å². The number of aromatic amines is 1. The molecule has 0 amide bonds. The van der Waals surface area contributed by atoms with E-state index in [0.29, 0.717) is 6.04 Å². The van der Waals surface area contributed by atoms with E-state index in [2.05, 4.69) is 39.0 Å². The molecule has 0 bridgehead atoms. The maximum absolute atomic E-state index is 4.29. The fraction of sp³-hybridized carbons (Fsp3) is 0.308. The van der Waals surface area contributed by atoms with Gasteiger partial charge in [-0.1, -0.05) is 30.3 Å². The van der Waals surface area contributed by atoms with E-state index in [-0.39, 0.29) is 0 Å². The minimum Gasteiger partial charge on any atom is -0.365 e. The number of aromatic nitrogens is 2. The Morgan fingerprint density at radius 2 is 2.12 bits per heavy atom. The van der Waals surface area contributed by atoms with E-state index in [9.17, 15) is 0 Å². The van der Waals surface area contributed by atoms with Crippen LogP contribution in [-0.4, -0.2) is 29.3 Å². The fourth-order valence-corrected chi connectivity index (χ4v) is 2.15. The van der Waals surface area contributed by atoms with Gasteiger partial charge in [0, 0.05) is 18.7 Å². The van der Waals surface area contributed by atoms with Gasteiger partial charge in [0.25, 0.3) is 0 Å². The fourth-order valence-electron chi connectivity index (χ4n) is 2.15. The van der Waals surface area contributed by atoms with Crippen LogP contribution < -0.4 is 10.6 Å². The molecule has 1 aliphatic heterocycles. The van der Waals surface area contributed by atoms with Gasteiger partial charge in [-0.05, 0) is 18.5 Å². The van der Waals surface area contributed by atoms with E-state index in [0.717, 1.165) is 36.6 Å². The molecule has 1 aliphatic rings. The van der Waals surface area contributed by atoms with Crippen LogP contribution >= 0.6 is 0 Å². The van der Waals surface area contributed by atoms with Gasteiger partial charge in [-0.3, -0.25) is 5.10 Å². The third-order valence-electron chi connectivity index (χ3n) is 3.07. The van der Waals surface area contributed by atoms with Crippen LogP contribution in [0.25, 0.3) is 11.3 Å². The van der Waals surface area contributed by atoms with Crippen LogP contribution in [0, 0.1) is 0 Å². The summed E-state index contributed by atoms with van der Waals surface area (Å²) < 4.78 is 0. The molecule has 1 aromatic carbocycles. The molecule has 1 unspecified atom stereocenters. The third kappa shape index (κ3) is 2.31. The zero-order valence-electron chi connectivity index (χ0n) is 9.61. The molecular formula is C13H16N4. The maximum Gasteiger partial charge on any atom is 0.148 e. The van der Waals surface area contributed by atoms with Gasteiger partial charge in [0.05, 0.1) is 5.69 Å². The first kappa shape index (κ1) is 10.4. The summed E-state index contributed by atoms with van der Waals surface area (Å²) in [5, 5.41) is 14.1. The number of rotatable bonds is 3. The van der Waals surface area contributed by atoms with Gasteiger partial charge in [0.2, 0.25) is 0 Å². The van der Waals surface area contributed by atoms with Crippen LogP contribution in [0.1, 0.15) is 6.42 Å². The second-order valence-electron chi connectivity index (χ2n) is 4.37. The summed E-state index contributed by atoms with van der Waals surface area (Å²) in [6.45, 7) is 2.11. The molecule has 2 aromatic rings. The third-order valence-corrected chi connectivity index (χ3v) is 3.07. The Morgan fingerprint density at radius 3 is 2.88 bits per heavy atom. The number of hydrogen-bond acceptors (Lipinski definition) is 3. The summed E-state index contributed by atoms with van der Waals surface area (Å²) in [4.78, 5) is 0. The molecule has 2 heterocycles. The van der Waals surface area contributed by atoms with Crippen molar-refractivity contribution < 1.29 is 0 Å². The maximum atomic E-state index is 4.29. The summed E-state index contributed by atoms with van der Waals surface area (Å²) in [5.41, 5.74) is 2.22. The van der Waals surface area contributed by atoms with E-state index in [4.69, 9.17) is 0 Å². The molecular weight excluding hydrogens is 212 g/mol. The molecule has 0 spiro atoms. The molecule has 0 radical (unpaired) electrons. The number of benzene rings is 1. The smallest absolute Gasteiger partial charge is 0.148 e. The first-order valence-electron chi connectivity index (χ1n) is 6.00. The van der Waals surface area contributed by atoms with Crippen LogP contribution in [0.4, 0.5) is 5.82 Å². The first-order valence-corrected chi connectivity index (χ1v) is 6.00. The van der Waals surface area contributed by atoms with Crippen LogP contribution in [0.2, 0.25) is 0 Å². The van der Waals surface area contributed by atoms with Crippen LogP contribution in [0.3, 0.4) is 0 Å². The Bertz CT molecular complexity index is 471. The van der Waals surface area contributed by atoms with E-state index in [1.807, 2.05) is 18.2 Å². The molecule has 3 N–H and O–H groups in total. The van der Waals surface area contributed by atoms with Gasteiger partial charge in [0.15, 0.2) is 0 Å². The highest BCUT2D eigenvalue weighted by Crippen LogP contribution is 2.19. The Balaban J connectivity index is 1.74. The molecule has 1 fully saturated rings. The van der Waals surface area contributed by atoms with Crippen molar-refractivity contribution in [3.05, 3.63) is 36.4 Å². The molecule has 1 atom stereocenters. The topological polar surface area (TPSA) is 52.7 Å². The van der Waals surface area contributed by atoms with Gasteiger partial charge in [0.1, 0.15) is 5.82 Å². The van der Waals surface area contributed by atoms with Crippen molar-refractivity contribution in [1.29, 1.82) is 0 Å². The molecule has 0 saturated carbocycles. The Kier molecular flexibility index (Phi) is 2.80. The van der Waals surface area contributed by atoms with Gasteiger partial charge in [-0.2, -0.15) is 5.10 Å². The largest absolute Gasteiger partial charge is 0.365 e. The lowest BCUT2D eigenvalue weighted by molar-refractivity contribution is 0.786. The predicted molar refractivity (Wildman–Crippen MR) is 68.9 cm³/mol. The minimum atomic E-state index is 0.502. The minimum absolute atomic E-state index is 0.502. The van der Waals surface area contributed by atoms with Crippen molar-refractivity contribution in [2.75, 3.05) is 18.4 Å². The Labute approximate surface area is 100 Å². The average molecular weight is 228 g/mol. The first-order chi connectivity index (χ1) is 8.42. The monoisotopic (exact) mass is 228 g/mol. The second kappa shape index (κ2) is 4.59. The Hall–Kier alpha value is -1.81. The van der Waals surface area contributed by atoms with E-state index in [1.54, 1.807) is 0 Å². The number of nitrogens with zero attached hydrogens (tertiary/aromatic N) is 1. The molecule has 1 aromatic heterocycles. The molecule has 88 valence electrons. The highest BCUT2D eigenvalue weighted by Gasteiger charge is 2.15. The highest BCUT2D eigenvalue weighted by atomic mass is 15.2. The van der Waals surface area contributed by atoms with E-state index >= 15 is 0 Å². The summed E-state index contributed by atoms with van der Waals surface area (Å²) in [6.07, 6.45) is 1.16. The quantitative estimate of drug-likeness (QED) is 0.751. The van der Waals surface area contributed by atoms with Crippen molar-refractivity contribution in [2.24, 2.45) is 0 Å². The van der Waals surface area contributed by atoms with Crippen molar-refractivity contribution in [3.63, 3.8) is 0 Å². The highest BCUT2D eigenvalue weighted by molar-refractivity contribution is 5.62. The summed E-state index contributed by atoms with van der Waals surface area (Å²) in [7, 11) is 0. The van der Waals surface area contributed by atoms with Crippen LogP contribution in [0.15, 0.2) is 36.4 Å². The van der Waals surface area contributed by atoms with Crippen LogP contribution in [-0.2, 0) is 0 Å². The molecule has 17 heavy (non-hydrogen) atoms. The SMILES string of the molecule is c1ccc(-c2cc(NC3CCNC3)n[nH]2)cc1.